The van der Waals surface area contributed by atoms with Crippen molar-refractivity contribution >= 4 is 22.6 Å². The van der Waals surface area contributed by atoms with E-state index in [4.69, 9.17) is 0 Å². The molecule has 4 aromatic rings. The molecule has 1 amide bonds. The van der Waals surface area contributed by atoms with Gasteiger partial charge in [0.15, 0.2) is 0 Å². The number of anilines is 1. The van der Waals surface area contributed by atoms with Crippen molar-refractivity contribution in [3.8, 4) is 5.69 Å². The van der Waals surface area contributed by atoms with Gasteiger partial charge in [0, 0.05) is 18.2 Å². The van der Waals surface area contributed by atoms with Gasteiger partial charge in [0.2, 0.25) is 0 Å². The van der Waals surface area contributed by atoms with Crippen LogP contribution in [0.4, 0.5) is 5.82 Å². The summed E-state index contributed by atoms with van der Waals surface area (Å²) >= 11 is 0. The maximum atomic E-state index is 12.9. The summed E-state index contributed by atoms with van der Waals surface area (Å²) in [5.74, 6) is 0.998. The van der Waals surface area contributed by atoms with Crippen LogP contribution in [0.25, 0.3) is 16.6 Å². The summed E-state index contributed by atoms with van der Waals surface area (Å²) in [6, 6.07) is 15.9. The average Bonchev–Trinajstić information content (AvgIpc) is 3.15. The van der Waals surface area contributed by atoms with Crippen LogP contribution in [0.5, 0.6) is 0 Å². The average molecular weight is 373 g/mol. The second-order valence-corrected chi connectivity index (χ2v) is 6.35. The van der Waals surface area contributed by atoms with Crippen molar-refractivity contribution in [3.63, 3.8) is 0 Å². The maximum absolute atomic E-state index is 12.9. The van der Waals surface area contributed by atoms with Crippen molar-refractivity contribution in [1.82, 2.24) is 19.3 Å². The largest absolute Gasteiger partial charge is 0.307 e. The summed E-state index contributed by atoms with van der Waals surface area (Å²) in [6.07, 6.45) is 1.64. The minimum absolute atomic E-state index is 0.132. The van der Waals surface area contributed by atoms with Gasteiger partial charge in [-0.1, -0.05) is 12.1 Å². The van der Waals surface area contributed by atoms with Crippen LogP contribution in [-0.2, 0) is 6.54 Å². The Balaban J connectivity index is 1.66. The molecular weight excluding hydrogens is 354 g/mol. The summed E-state index contributed by atoms with van der Waals surface area (Å²) in [7, 11) is 0. The maximum Gasteiger partial charge on any atom is 0.265 e. The van der Waals surface area contributed by atoms with E-state index in [9.17, 15) is 9.59 Å². The molecule has 0 aliphatic rings. The van der Waals surface area contributed by atoms with Gasteiger partial charge in [-0.25, -0.2) is 9.67 Å². The van der Waals surface area contributed by atoms with E-state index >= 15 is 0 Å². The van der Waals surface area contributed by atoms with E-state index in [-0.39, 0.29) is 11.5 Å². The molecule has 2 aromatic heterocycles. The normalized spacial score (nSPS) is 10.9. The summed E-state index contributed by atoms with van der Waals surface area (Å²) in [6.45, 7) is 4.41. The highest BCUT2D eigenvalue weighted by molar-refractivity contribution is 6.03. The number of fused-ring (bicyclic) bond motifs is 1. The number of carbonyl (C=O) groups excluding carboxylic acids is 1. The molecule has 0 saturated heterocycles. The first-order valence-corrected chi connectivity index (χ1v) is 9.00. The van der Waals surface area contributed by atoms with Crippen LogP contribution in [0.1, 0.15) is 23.1 Å². The predicted octanol–water partition coefficient (Wildman–Crippen LogP) is 3.16. The third kappa shape index (κ3) is 3.07. The number of benzene rings is 2. The zero-order valence-corrected chi connectivity index (χ0v) is 15.6. The molecule has 0 fully saturated rings. The van der Waals surface area contributed by atoms with Gasteiger partial charge >= 0.3 is 0 Å². The Morgan fingerprint density at radius 1 is 1.07 bits per heavy atom. The number of aryl methyl sites for hydroxylation is 2. The van der Waals surface area contributed by atoms with Crippen LogP contribution < -0.4 is 10.9 Å². The number of rotatable bonds is 4. The molecule has 0 unspecified atom stereocenters. The summed E-state index contributed by atoms with van der Waals surface area (Å²) < 4.78 is 3.26. The summed E-state index contributed by atoms with van der Waals surface area (Å²) in [4.78, 5) is 29.9. The Hall–Kier alpha value is -3.74. The number of amides is 1. The van der Waals surface area contributed by atoms with Crippen LogP contribution in [0.15, 0.2) is 65.6 Å². The smallest absolute Gasteiger partial charge is 0.265 e. The molecule has 0 aliphatic heterocycles. The fraction of sp³-hybridized carbons (Fsp3) is 0.143. The first-order chi connectivity index (χ1) is 13.6. The van der Waals surface area contributed by atoms with Gasteiger partial charge in [-0.05, 0) is 50.2 Å². The second kappa shape index (κ2) is 7.11. The lowest BCUT2D eigenvalue weighted by Gasteiger charge is -2.12. The minimum atomic E-state index is -0.234. The number of para-hydroxylation sites is 1. The summed E-state index contributed by atoms with van der Waals surface area (Å²) in [5.41, 5.74) is 1.69. The van der Waals surface area contributed by atoms with Crippen LogP contribution in [0, 0.1) is 6.92 Å². The van der Waals surface area contributed by atoms with Crippen molar-refractivity contribution in [2.24, 2.45) is 0 Å². The Morgan fingerprint density at radius 3 is 2.57 bits per heavy atom. The zero-order valence-electron chi connectivity index (χ0n) is 15.6. The molecule has 7 nitrogen and oxygen atoms in total. The SMILES string of the molecule is CCn1nccc1NC(=O)c1ccc(-n2c(C)nc3ccccc3c2=O)cc1. The molecule has 140 valence electrons. The van der Waals surface area contributed by atoms with E-state index in [1.165, 1.54) is 0 Å². The lowest BCUT2D eigenvalue weighted by Crippen LogP contribution is -2.22. The molecule has 0 spiro atoms. The van der Waals surface area contributed by atoms with Gasteiger partial charge in [-0.15, -0.1) is 0 Å². The van der Waals surface area contributed by atoms with Gasteiger partial charge in [0.25, 0.3) is 11.5 Å². The Kier molecular flexibility index (Phi) is 4.49. The molecular formula is C21H19N5O2. The quantitative estimate of drug-likeness (QED) is 0.596. The Labute approximate surface area is 161 Å². The van der Waals surface area contributed by atoms with Crippen LogP contribution in [-0.4, -0.2) is 25.2 Å². The number of aromatic nitrogens is 4. The molecule has 2 heterocycles. The van der Waals surface area contributed by atoms with Gasteiger partial charge in [-0.3, -0.25) is 14.2 Å². The Morgan fingerprint density at radius 2 is 1.82 bits per heavy atom. The topological polar surface area (TPSA) is 81.8 Å². The number of nitrogens with zero attached hydrogens (tertiary/aromatic N) is 4. The van der Waals surface area contributed by atoms with E-state index in [1.807, 2.05) is 25.1 Å². The number of hydrogen-bond acceptors (Lipinski definition) is 4. The van der Waals surface area contributed by atoms with E-state index < -0.39 is 0 Å². The van der Waals surface area contributed by atoms with Gasteiger partial charge in [0.05, 0.1) is 22.8 Å². The fourth-order valence-corrected chi connectivity index (χ4v) is 3.19. The predicted molar refractivity (Wildman–Crippen MR) is 108 cm³/mol. The molecule has 0 aliphatic carbocycles. The first-order valence-electron chi connectivity index (χ1n) is 9.00. The number of nitrogens with one attached hydrogen (secondary N) is 1. The fourth-order valence-electron chi connectivity index (χ4n) is 3.19. The zero-order chi connectivity index (χ0) is 19.7. The second-order valence-electron chi connectivity index (χ2n) is 6.35. The highest BCUT2D eigenvalue weighted by Gasteiger charge is 2.12. The molecule has 0 bridgehead atoms. The summed E-state index contributed by atoms with van der Waals surface area (Å²) in [5, 5.41) is 7.54. The monoisotopic (exact) mass is 373 g/mol. The molecule has 0 radical (unpaired) electrons. The van der Waals surface area contributed by atoms with Crippen molar-refractivity contribution in [3.05, 3.63) is 82.5 Å². The van der Waals surface area contributed by atoms with Gasteiger partial charge in [-0.2, -0.15) is 5.10 Å². The molecule has 28 heavy (non-hydrogen) atoms. The van der Waals surface area contributed by atoms with Crippen molar-refractivity contribution in [2.45, 2.75) is 20.4 Å². The lowest BCUT2D eigenvalue weighted by molar-refractivity contribution is 0.102. The minimum Gasteiger partial charge on any atom is -0.307 e. The highest BCUT2D eigenvalue weighted by atomic mass is 16.1. The van der Waals surface area contributed by atoms with Crippen LogP contribution in [0.2, 0.25) is 0 Å². The van der Waals surface area contributed by atoms with Crippen molar-refractivity contribution in [1.29, 1.82) is 0 Å². The molecule has 7 heteroatoms. The molecule has 1 N–H and O–H groups in total. The van der Waals surface area contributed by atoms with E-state index in [1.54, 1.807) is 58.8 Å². The van der Waals surface area contributed by atoms with E-state index in [0.29, 0.717) is 40.3 Å². The lowest BCUT2D eigenvalue weighted by atomic mass is 10.2. The van der Waals surface area contributed by atoms with E-state index in [0.717, 1.165) is 0 Å². The third-order valence-electron chi connectivity index (χ3n) is 4.59. The number of carbonyl (C=O) groups is 1. The molecule has 2 aromatic carbocycles. The van der Waals surface area contributed by atoms with Crippen LogP contribution >= 0.6 is 0 Å². The van der Waals surface area contributed by atoms with E-state index in [2.05, 4.69) is 15.4 Å². The molecule has 0 atom stereocenters. The Bertz CT molecular complexity index is 1220. The molecule has 4 rings (SSSR count). The molecule has 0 saturated carbocycles. The number of hydrogen-bond donors (Lipinski definition) is 1. The van der Waals surface area contributed by atoms with Gasteiger partial charge in [0.1, 0.15) is 11.6 Å². The van der Waals surface area contributed by atoms with Crippen LogP contribution in [0.3, 0.4) is 0 Å². The van der Waals surface area contributed by atoms with Crippen molar-refractivity contribution < 1.29 is 4.79 Å². The first kappa shape index (κ1) is 17.7. The third-order valence-corrected chi connectivity index (χ3v) is 4.59. The van der Waals surface area contributed by atoms with Crippen molar-refractivity contribution in [2.75, 3.05) is 5.32 Å². The standard InChI is InChI=1S/C21H19N5O2/c1-3-25-19(12-13-22-25)24-20(27)15-8-10-16(11-9-15)26-14(2)23-18-7-5-4-6-17(18)21(26)28/h4-13H,3H2,1-2H3,(H,24,27). The highest BCUT2D eigenvalue weighted by Crippen LogP contribution is 2.15. The van der Waals surface area contributed by atoms with Gasteiger partial charge < -0.3 is 5.32 Å².